The Labute approximate surface area is 157 Å². The van der Waals surface area contributed by atoms with E-state index in [9.17, 15) is 4.79 Å². The lowest BCUT2D eigenvalue weighted by Crippen LogP contribution is -2.34. The number of likely N-dealkylation sites (tertiary alicyclic amines) is 1. The average molecular weight is 362 g/mol. The van der Waals surface area contributed by atoms with Crippen molar-refractivity contribution in [3.63, 3.8) is 0 Å². The lowest BCUT2D eigenvalue weighted by Gasteiger charge is -2.32. The number of aromatic nitrogens is 5. The number of H-pyrrole nitrogens is 1. The Bertz CT molecular complexity index is 954. The fourth-order valence-electron chi connectivity index (χ4n) is 3.51. The third-order valence-corrected chi connectivity index (χ3v) is 4.83. The van der Waals surface area contributed by atoms with E-state index < -0.39 is 0 Å². The standard InChI is InChI=1S/C20H22N6O/c1-14-22-10-15(11-23-14)12-26-8-4-5-16(13-26)18-9-19(27)25-20(24-18)17-6-2-3-7-21-17/h2-3,6-7,9-11,16H,4-5,8,12-13H2,1H3,(H,24,25,27). The molecular formula is C20H22N6O. The summed E-state index contributed by atoms with van der Waals surface area (Å²) in [6, 6.07) is 7.21. The first kappa shape index (κ1) is 17.5. The van der Waals surface area contributed by atoms with Crippen LogP contribution < -0.4 is 5.56 Å². The molecule has 4 heterocycles. The molecule has 1 aliphatic heterocycles. The number of nitrogens with one attached hydrogen (secondary N) is 1. The number of pyridine rings is 1. The van der Waals surface area contributed by atoms with Crippen molar-refractivity contribution in [3.8, 4) is 11.5 Å². The molecule has 0 aromatic carbocycles. The summed E-state index contributed by atoms with van der Waals surface area (Å²) in [6.07, 6.45) is 7.57. The minimum absolute atomic E-state index is 0.135. The van der Waals surface area contributed by atoms with Gasteiger partial charge in [-0.2, -0.15) is 0 Å². The van der Waals surface area contributed by atoms with Gasteiger partial charge in [0.1, 0.15) is 11.5 Å². The maximum atomic E-state index is 12.2. The highest BCUT2D eigenvalue weighted by Gasteiger charge is 2.23. The van der Waals surface area contributed by atoms with Crippen LogP contribution in [0.5, 0.6) is 0 Å². The van der Waals surface area contributed by atoms with Crippen molar-refractivity contribution in [1.82, 2.24) is 29.8 Å². The second kappa shape index (κ2) is 7.75. The largest absolute Gasteiger partial charge is 0.305 e. The SMILES string of the molecule is Cc1ncc(CN2CCCC(c3cc(=O)[nH]c(-c4ccccn4)n3)C2)cn1. The lowest BCUT2D eigenvalue weighted by atomic mass is 9.94. The Morgan fingerprint density at radius 3 is 2.85 bits per heavy atom. The maximum Gasteiger partial charge on any atom is 0.251 e. The van der Waals surface area contributed by atoms with Crippen molar-refractivity contribution >= 4 is 0 Å². The van der Waals surface area contributed by atoms with Crippen molar-refractivity contribution in [1.29, 1.82) is 0 Å². The van der Waals surface area contributed by atoms with Crippen molar-refractivity contribution in [2.45, 2.75) is 32.2 Å². The fourth-order valence-corrected chi connectivity index (χ4v) is 3.51. The molecule has 1 unspecified atom stereocenters. The third kappa shape index (κ3) is 4.25. The molecule has 3 aromatic heterocycles. The van der Waals surface area contributed by atoms with Gasteiger partial charge < -0.3 is 4.98 Å². The van der Waals surface area contributed by atoms with Gasteiger partial charge in [-0.1, -0.05) is 6.07 Å². The van der Waals surface area contributed by atoms with Gasteiger partial charge in [0.05, 0.1) is 5.69 Å². The topological polar surface area (TPSA) is 87.7 Å². The van der Waals surface area contributed by atoms with Gasteiger partial charge in [-0.3, -0.25) is 14.7 Å². The van der Waals surface area contributed by atoms with Crippen LogP contribution in [0.15, 0.2) is 47.7 Å². The Hall–Kier alpha value is -2.93. The number of piperidine rings is 1. The van der Waals surface area contributed by atoms with Crippen molar-refractivity contribution in [2.75, 3.05) is 13.1 Å². The molecule has 1 fully saturated rings. The molecule has 0 bridgehead atoms. The number of aromatic amines is 1. The predicted octanol–water partition coefficient (Wildman–Crippen LogP) is 2.31. The van der Waals surface area contributed by atoms with E-state index >= 15 is 0 Å². The smallest absolute Gasteiger partial charge is 0.251 e. The molecule has 1 aliphatic rings. The lowest BCUT2D eigenvalue weighted by molar-refractivity contribution is 0.198. The number of rotatable bonds is 4. The van der Waals surface area contributed by atoms with Gasteiger partial charge in [0.2, 0.25) is 0 Å². The number of aryl methyl sites for hydroxylation is 1. The van der Waals surface area contributed by atoms with Gasteiger partial charge in [-0.25, -0.2) is 15.0 Å². The van der Waals surface area contributed by atoms with Gasteiger partial charge >= 0.3 is 0 Å². The van der Waals surface area contributed by atoms with Crippen LogP contribution in [-0.4, -0.2) is 42.9 Å². The highest BCUT2D eigenvalue weighted by atomic mass is 16.1. The van der Waals surface area contributed by atoms with Crippen molar-refractivity contribution < 1.29 is 0 Å². The first-order chi connectivity index (χ1) is 13.2. The Morgan fingerprint density at radius 1 is 1.22 bits per heavy atom. The molecule has 3 aromatic rings. The first-order valence-electron chi connectivity index (χ1n) is 9.20. The average Bonchev–Trinajstić information content (AvgIpc) is 2.70. The molecular weight excluding hydrogens is 340 g/mol. The van der Waals surface area contributed by atoms with Gasteiger partial charge in [-0.05, 0) is 38.4 Å². The summed E-state index contributed by atoms with van der Waals surface area (Å²) < 4.78 is 0. The van der Waals surface area contributed by atoms with Crippen LogP contribution in [0.25, 0.3) is 11.5 Å². The van der Waals surface area contributed by atoms with Gasteiger partial charge in [-0.15, -0.1) is 0 Å². The summed E-state index contributed by atoms with van der Waals surface area (Å²) in [6.45, 7) is 4.60. The van der Waals surface area contributed by atoms with Crippen LogP contribution in [0.3, 0.4) is 0 Å². The zero-order valence-corrected chi connectivity index (χ0v) is 15.3. The van der Waals surface area contributed by atoms with Gasteiger partial charge in [0, 0.05) is 49.2 Å². The minimum atomic E-state index is -0.135. The minimum Gasteiger partial charge on any atom is -0.305 e. The maximum absolute atomic E-state index is 12.2. The highest BCUT2D eigenvalue weighted by Crippen LogP contribution is 2.26. The normalized spacial score (nSPS) is 17.7. The van der Waals surface area contributed by atoms with E-state index in [2.05, 4.69) is 24.8 Å². The van der Waals surface area contributed by atoms with E-state index in [1.54, 1.807) is 12.3 Å². The van der Waals surface area contributed by atoms with Crippen LogP contribution in [0.4, 0.5) is 0 Å². The molecule has 0 spiro atoms. The Kier molecular flexibility index (Phi) is 5.02. The summed E-state index contributed by atoms with van der Waals surface area (Å²) >= 11 is 0. The van der Waals surface area contributed by atoms with E-state index in [1.165, 1.54) is 0 Å². The molecule has 1 saturated heterocycles. The monoisotopic (exact) mass is 362 g/mol. The van der Waals surface area contributed by atoms with Crippen molar-refractivity contribution in [2.24, 2.45) is 0 Å². The van der Waals surface area contributed by atoms with Crippen LogP contribution in [0.2, 0.25) is 0 Å². The zero-order chi connectivity index (χ0) is 18.6. The molecule has 0 amide bonds. The molecule has 7 nitrogen and oxygen atoms in total. The quantitative estimate of drug-likeness (QED) is 0.766. The number of hydrogen-bond acceptors (Lipinski definition) is 6. The molecule has 1 atom stereocenters. The van der Waals surface area contributed by atoms with E-state index in [0.717, 1.165) is 49.6 Å². The first-order valence-corrected chi connectivity index (χ1v) is 9.20. The molecule has 138 valence electrons. The van der Waals surface area contributed by atoms with E-state index in [4.69, 9.17) is 4.98 Å². The van der Waals surface area contributed by atoms with E-state index in [0.29, 0.717) is 11.5 Å². The van der Waals surface area contributed by atoms with Crippen molar-refractivity contribution in [3.05, 3.63) is 70.3 Å². The van der Waals surface area contributed by atoms with Crippen LogP contribution in [-0.2, 0) is 6.54 Å². The fraction of sp³-hybridized carbons (Fsp3) is 0.350. The molecule has 1 N–H and O–H groups in total. The highest BCUT2D eigenvalue weighted by molar-refractivity contribution is 5.48. The number of nitrogens with zero attached hydrogens (tertiary/aromatic N) is 5. The summed E-state index contributed by atoms with van der Waals surface area (Å²) in [5.74, 6) is 1.54. The Morgan fingerprint density at radius 2 is 2.07 bits per heavy atom. The second-order valence-electron chi connectivity index (χ2n) is 6.95. The predicted molar refractivity (Wildman–Crippen MR) is 102 cm³/mol. The molecule has 0 saturated carbocycles. The molecule has 27 heavy (non-hydrogen) atoms. The van der Waals surface area contributed by atoms with E-state index in [1.807, 2.05) is 37.5 Å². The summed E-state index contributed by atoms with van der Waals surface area (Å²) in [4.78, 5) is 34.9. The Balaban J connectivity index is 1.53. The van der Waals surface area contributed by atoms with E-state index in [-0.39, 0.29) is 11.5 Å². The number of hydrogen-bond donors (Lipinski definition) is 1. The molecule has 7 heteroatoms. The van der Waals surface area contributed by atoms with Gasteiger partial charge in [0.25, 0.3) is 5.56 Å². The van der Waals surface area contributed by atoms with Gasteiger partial charge in [0.15, 0.2) is 5.82 Å². The van der Waals surface area contributed by atoms with Crippen LogP contribution in [0, 0.1) is 6.92 Å². The molecule has 0 radical (unpaired) electrons. The summed E-state index contributed by atoms with van der Waals surface area (Å²) in [7, 11) is 0. The zero-order valence-electron chi connectivity index (χ0n) is 15.3. The second-order valence-corrected chi connectivity index (χ2v) is 6.95. The van der Waals surface area contributed by atoms with Crippen LogP contribution in [0.1, 0.15) is 35.8 Å². The summed E-state index contributed by atoms with van der Waals surface area (Å²) in [5, 5.41) is 0. The third-order valence-electron chi connectivity index (χ3n) is 4.83. The molecule has 4 rings (SSSR count). The van der Waals surface area contributed by atoms with Crippen LogP contribution >= 0.6 is 0 Å². The molecule has 0 aliphatic carbocycles. The summed E-state index contributed by atoms with van der Waals surface area (Å²) in [5.41, 5.74) is 2.49.